The van der Waals surface area contributed by atoms with Gasteiger partial charge >= 0.3 is 0 Å². The third kappa shape index (κ3) is 3.10. The Balaban J connectivity index is 1.92. The van der Waals surface area contributed by atoms with Crippen LogP contribution in [0.5, 0.6) is 0 Å². The van der Waals surface area contributed by atoms with Gasteiger partial charge in [-0.15, -0.1) is 0 Å². The van der Waals surface area contributed by atoms with Gasteiger partial charge in [0.25, 0.3) is 0 Å². The molecular formula is C17H23N3O. The molecule has 1 saturated heterocycles. The number of rotatable bonds is 3. The second-order valence-electron chi connectivity index (χ2n) is 5.93. The van der Waals surface area contributed by atoms with E-state index >= 15 is 0 Å². The number of nitrogens with zero attached hydrogens (tertiary/aromatic N) is 2. The summed E-state index contributed by atoms with van der Waals surface area (Å²) >= 11 is 0. The normalized spacial score (nSPS) is 18.9. The first-order chi connectivity index (χ1) is 10.1. The van der Waals surface area contributed by atoms with Crippen LogP contribution in [-0.4, -0.2) is 31.3 Å². The van der Waals surface area contributed by atoms with Crippen molar-refractivity contribution in [2.75, 3.05) is 30.8 Å². The smallest absolute Gasteiger partial charge is 0.0749 e. The molecule has 4 heteroatoms. The van der Waals surface area contributed by atoms with Crippen LogP contribution in [0, 0.1) is 6.92 Å². The topological polar surface area (TPSA) is 51.4 Å². The zero-order valence-electron chi connectivity index (χ0n) is 12.8. The van der Waals surface area contributed by atoms with Gasteiger partial charge < -0.3 is 15.4 Å². The van der Waals surface area contributed by atoms with Crippen LogP contribution in [0.1, 0.15) is 25.0 Å². The second kappa shape index (κ2) is 5.90. The van der Waals surface area contributed by atoms with Crippen molar-refractivity contribution in [3.8, 4) is 0 Å². The molecule has 0 radical (unpaired) electrons. The highest BCUT2D eigenvalue weighted by Crippen LogP contribution is 2.28. The van der Waals surface area contributed by atoms with Crippen LogP contribution >= 0.6 is 0 Å². The van der Waals surface area contributed by atoms with Gasteiger partial charge in [-0.3, -0.25) is 4.98 Å². The minimum absolute atomic E-state index is 0.327. The number of ether oxygens (including phenoxy) is 1. The fraction of sp³-hybridized carbons (Fsp3) is 0.471. The Labute approximate surface area is 125 Å². The highest BCUT2D eigenvalue weighted by atomic mass is 16.5. The van der Waals surface area contributed by atoms with E-state index in [0.29, 0.717) is 6.10 Å². The summed E-state index contributed by atoms with van der Waals surface area (Å²) in [5.74, 6) is 0. The van der Waals surface area contributed by atoms with Crippen molar-refractivity contribution < 1.29 is 4.74 Å². The Hall–Kier alpha value is -1.81. The van der Waals surface area contributed by atoms with Gasteiger partial charge in [0.15, 0.2) is 0 Å². The molecule has 112 valence electrons. The first-order valence-corrected chi connectivity index (χ1v) is 7.63. The van der Waals surface area contributed by atoms with Crippen LogP contribution < -0.4 is 10.6 Å². The Morgan fingerprint density at radius 1 is 1.33 bits per heavy atom. The molecule has 2 heterocycles. The largest absolute Gasteiger partial charge is 0.399 e. The lowest BCUT2D eigenvalue weighted by Crippen LogP contribution is -2.33. The van der Waals surface area contributed by atoms with Crippen LogP contribution in [0.2, 0.25) is 0 Å². The summed E-state index contributed by atoms with van der Waals surface area (Å²) in [6.07, 6.45) is 3.93. The minimum Gasteiger partial charge on any atom is -0.399 e. The van der Waals surface area contributed by atoms with Gasteiger partial charge in [0.2, 0.25) is 0 Å². The number of benzene rings is 1. The van der Waals surface area contributed by atoms with E-state index in [-0.39, 0.29) is 0 Å². The maximum Gasteiger partial charge on any atom is 0.0749 e. The van der Waals surface area contributed by atoms with Gasteiger partial charge in [-0.2, -0.15) is 0 Å². The molecule has 1 aromatic heterocycles. The van der Waals surface area contributed by atoms with Crippen molar-refractivity contribution in [2.24, 2.45) is 0 Å². The van der Waals surface area contributed by atoms with Crippen molar-refractivity contribution in [1.29, 1.82) is 0 Å². The molecule has 21 heavy (non-hydrogen) atoms. The van der Waals surface area contributed by atoms with E-state index in [1.807, 2.05) is 25.1 Å². The summed E-state index contributed by atoms with van der Waals surface area (Å²) in [5.41, 5.74) is 9.92. The predicted octanol–water partition coefficient (Wildman–Crippen LogP) is 3.13. The molecule has 0 spiro atoms. The lowest BCUT2D eigenvalue weighted by Gasteiger charge is -2.29. The highest BCUT2D eigenvalue weighted by Gasteiger charge is 2.17. The number of nitrogen functional groups attached to an aromatic ring is 1. The Morgan fingerprint density at radius 2 is 2.19 bits per heavy atom. The molecule has 2 aromatic rings. The van der Waals surface area contributed by atoms with E-state index in [1.54, 1.807) is 0 Å². The van der Waals surface area contributed by atoms with Crippen molar-refractivity contribution >= 4 is 22.3 Å². The van der Waals surface area contributed by atoms with E-state index in [9.17, 15) is 0 Å². The van der Waals surface area contributed by atoms with Gasteiger partial charge in [-0.25, -0.2) is 0 Å². The van der Waals surface area contributed by atoms with Crippen molar-refractivity contribution in [3.63, 3.8) is 0 Å². The monoisotopic (exact) mass is 285 g/mol. The molecule has 0 bridgehead atoms. The number of hydrogen-bond acceptors (Lipinski definition) is 4. The number of pyridine rings is 1. The fourth-order valence-electron chi connectivity index (χ4n) is 3.03. The lowest BCUT2D eigenvalue weighted by molar-refractivity contribution is 0.0216. The zero-order valence-corrected chi connectivity index (χ0v) is 12.8. The first-order valence-electron chi connectivity index (χ1n) is 7.63. The van der Waals surface area contributed by atoms with Crippen LogP contribution in [0.15, 0.2) is 24.3 Å². The molecular weight excluding hydrogens is 262 g/mol. The number of anilines is 2. The van der Waals surface area contributed by atoms with E-state index in [0.717, 1.165) is 41.9 Å². The Bertz CT molecular complexity index is 635. The molecule has 0 saturated carbocycles. The molecule has 1 unspecified atom stereocenters. The van der Waals surface area contributed by atoms with Crippen LogP contribution in [-0.2, 0) is 4.74 Å². The lowest BCUT2D eigenvalue weighted by atomic mass is 10.1. The van der Waals surface area contributed by atoms with E-state index in [1.165, 1.54) is 18.5 Å². The number of fused-ring (bicyclic) bond motifs is 1. The van der Waals surface area contributed by atoms with Crippen molar-refractivity contribution in [3.05, 3.63) is 30.0 Å². The maximum atomic E-state index is 5.94. The molecule has 1 atom stereocenters. The van der Waals surface area contributed by atoms with Gasteiger partial charge in [0, 0.05) is 42.7 Å². The number of aromatic nitrogens is 1. The second-order valence-corrected chi connectivity index (χ2v) is 5.93. The first kappa shape index (κ1) is 14.1. The summed E-state index contributed by atoms with van der Waals surface area (Å²) in [7, 11) is 2.12. The van der Waals surface area contributed by atoms with Gasteiger partial charge in [-0.05, 0) is 50.5 Å². The molecule has 0 aliphatic carbocycles. The average Bonchev–Trinajstić information content (AvgIpc) is 2.48. The van der Waals surface area contributed by atoms with Gasteiger partial charge in [-0.1, -0.05) is 0 Å². The van der Waals surface area contributed by atoms with Crippen molar-refractivity contribution in [1.82, 2.24) is 4.98 Å². The number of hydrogen-bond donors (Lipinski definition) is 1. The molecule has 2 N–H and O–H groups in total. The van der Waals surface area contributed by atoms with E-state index in [2.05, 4.69) is 23.0 Å². The SMILES string of the molecule is Cc1cc(N(C)CC2CCCCO2)c2cc(N)ccc2n1. The standard InChI is InChI=1S/C17H23N3O/c1-12-9-17(15-10-13(18)6-7-16(15)19-12)20(2)11-14-5-3-4-8-21-14/h6-7,9-10,14H,3-5,8,11,18H2,1-2H3. The van der Waals surface area contributed by atoms with Gasteiger partial charge in [0.1, 0.15) is 0 Å². The summed E-state index contributed by atoms with van der Waals surface area (Å²) in [4.78, 5) is 6.86. The quantitative estimate of drug-likeness (QED) is 0.880. The number of likely N-dealkylation sites (N-methyl/N-ethyl adjacent to an activating group) is 1. The van der Waals surface area contributed by atoms with Crippen molar-refractivity contribution in [2.45, 2.75) is 32.3 Å². The average molecular weight is 285 g/mol. The summed E-state index contributed by atoms with van der Waals surface area (Å²) in [6.45, 7) is 3.83. The number of aryl methyl sites for hydroxylation is 1. The summed E-state index contributed by atoms with van der Waals surface area (Å²) in [5, 5.41) is 1.11. The van der Waals surface area contributed by atoms with Crippen LogP contribution in [0.25, 0.3) is 10.9 Å². The van der Waals surface area contributed by atoms with E-state index < -0.39 is 0 Å². The number of nitrogens with two attached hydrogens (primary N) is 1. The molecule has 0 amide bonds. The predicted molar refractivity (Wildman–Crippen MR) is 87.8 cm³/mol. The molecule has 3 rings (SSSR count). The third-order valence-electron chi connectivity index (χ3n) is 4.10. The summed E-state index contributed by atoms with van der Waals surface area (Å²) < 4.78 is 5.85. The molecule has 1 aromatic carbocycles. The zero-order chi connectivity index (χ0) is 14.8. The third-order valence-corrected chi connectivity index (χ3v) is 4.10. The summed E-state index contributed by atoms with van der Waals surface area (Å²) in [6, 6.07) is 8.04. The Kier molecular flexibility index (Phi) is 3.97. The molecule has 1 aliphatic heterocycles. The van der Waals surface area contributed by atoms with Gasteiger partial charge in [0.05, 0.1) is 11.6 Å². The fourth-order valence-corrected chi connectivity index (χ4v) is 3.03. The van der Waals surface area contributed by atoms with E-state index in [4.69, 9.17) is 10.5 Å². The maximum absolute atomic E-state index is 5.94. The molecule has 1 fully saturated rings. The van der Waals surface area contributed by atoms with Crippen LogP contribution in [0.4, 0.5) is 11.4 Å². The molecule has 4 nitrogen and oxygen atoms in total. The van der Waals surface area contributed by atoms with Crippen LogP contribution in [0.3, 0.4) is 0 Å². The minimum atomic E-state index is 0.327. The Morgan fingerprint density at radius 3 is 2.95 bits per heavy atom. The highest BCUT2D eigenvalue weighted by molar-refractivity contribution is 5.93. The molecule has 1 aliphatic rings.